The first kappa shape index (κ1) is 12.2. The summed E-state index contributed by atoms with van der Waals surface area (Å²) in [6, 6.07) is 22.5. The van der Waals surface area contributed by atoms with Crippen LogP contribution in [0, 0.1) is 0 Å². The summed E-state index contributed by atoms with van der Waals surface area (Å²) in [4.78, 5) is 0. The Hall–Kier alpha value is -2.32. The molecule has 0 aliphatic rings. The number of benzene rings is 3. The highest BCUT2D eigenvalue weighted by Crippen LogP contribution is 2.38. The average Bonchev–Trinajstić information content (AvgIpc) is 3.05. The van der Waals surface area contributed by atoms with Gasteiger partial charge in [0.1, 0.15) is 0 Å². The molecule has 0 radical (unpaired) electrons. The molecule has 0 fully saturated rings. The second-order valence-electron chi connectivity index (χ2n) is 6.49. The third-order valence-electron chi connectivity index (χ3n) is 4.89. The summed E-state index contributed by atoms with van der Waals surface area (Å²) in [5.41, 5.74) is 4.04. The summed E-state index contributed by atoms with van der Waals surface area (Å²) >= 11 is 0. The van der Waals surface area contributed by atoms with Gasteiger partial charge in [-0.05, 0) is 12.1 Å². The van der Waals surface area contributed by atoms with Crippen LogP contribution < -0.4 is 5.19 Å². The van der Waals surface area contributed by atoms with Crippen LogP contribution in [0.5, 0.6) is 0 Å². The van der Waals surface area contributed by atoms with E-state index in [0.29, 0.717) is 0 Å². The van der Waals surface area contributed by atoms with Crippen LogP contribution in [0.2, 0.25) is 13.1 Å². The lowest BCUT2D eigenvalue weighted by molar-refractivity contribution is 1.37. The lowest BCUT2D eigenvalue weighted by Crippen LogP contribution is -2.21. The lowest BCUT2D eigenvalue weighted by atomic mass is 10.1. The Balaban J connectivity index is 2.19. The van der Waals surface area contributed by atoms with Gasteiger partial charge in [0.2, 0.25) is 0 Å². The van der Waals surface area contributed by atoms with Gasteiger partial charge in [-0.3, -0.25) is 0 Å². The molecule has 106 valence electrons. The molecule has 0 saturated heterocycles. The second kappa shape index (κ2) is 4.11. The predicted molar refractivity (Wildman–Crippen MR) is 99.6 cm³/mol. The first-order chi connectivity index (χ1) is 10.8. The molecule has 3 aromatic carbocycles. The minimum absolute atomic E-state index is 0.834. The maximum atomic E-state index is 2.45. The van der Waals surface area contributed by atoms with Gasteiger partial charge in [-0.15, -0.1) is 0 Å². The fourth-order valence-corrected chi connectivity index (χ4v) is 4.81. The van der Waals surface area contributed by atoms with Gasteiger partial charge in [-0.1, -0.05) is 66.8 Å². The van der Waals surface area contributed by atoms with Crippen LogP contribution in [0.1, 0.15) is 0 Å². The molecule has 5 rings (SSSR count). The lowest BCUT2D eigenvalue weighted by Gasteiger charge is -2.05. The molecule has 2 aromatic heterocycles. The molecule has 22 heavy (non-hydrogen) atoms. The maximum Gasteiger partial charge on any atom is 0.0647 e. The van der Waals surface area contributed by atoms with Crippen molar-refractivity contribution >= 4 is 52.1 Å². The predicted octanol–water partition coefficient (Wildman–Crippen LogP) is 4.53. The van der Waals surface area contributed by atoms with Crippen LogP contribution in [0.4, 0.5) is 0 Å². The largest absolute Gasteiger partial charge is 0.308 e. The second-order valence-corrected chi connectivity index (χ2v) is 9.47. The highest BCUT2D eigenvalue weighted by Gasteiger charge is 2.18. The van der Waals surface area contributed by atoms with Gasteiger partial charge in [-0.25, -0.2) is 0 Å². The van der Waals surface area contributed by atoms with E-state index in [4.69, 9.17) is 0 Å². The monoisotopic (exact) mass is 299 g/mol. The Morgan fingerprint density at radius 1 is 0.682 bits per heavy atom. The van der Waals surface area contributed by atoms with Gasteiger partial charge < -0.3 is 4.40 Å². The van der Waals surface area contributed by atoms with Gasteiger partial charge in [0.05, 0.1) is 25.3 Å². The quantitative estimate of drug-likeness (QED) is 0.401. The molecular formula is C20H17NSi. The first-order valence-corrected chi connectivity index (χ1v) is 10.8. The van der Waals surface area contributed by atoms with Crippen LogP contribution in [0.25, 0.3) is 38.1 Å². The fourth-order valence-electron chi connectivity index (χ4n) is 3.81. The standard InChI is InChI=1S/C20H17NSi/c1-22(2)13-11-16-14-7-3-5-9-18(14)21-19-10-6-4-8-15(19)17(12-13)20(16)21/h3-12,22H,1-2H3. The fraction of sp³-hybridized carbons (Fsp3) is 0.100. The van der Waals surface area contributed by atoms with Crippen LogP contribution in [0.15, 0.2) is 60.7 Å². The number of nitrogens with zero attached hydrogens (tertiary/aromatic N) is 1. The van der Waals surface area contributed by atoms with Crippen LogP contribution in [-0.2, 0) is 0 Å². The summed E-state index contributed by atoms with van der Waals surface area (Å²) in [5, 5.41) is 7.15. The van der Waals surface area contributed by atoms with Crippen molar-refractivity contribution < 1.29 is 0 Å². The van der Waals surface area contributed by atoms with Crippen LogP contribution in [0.3, 0.4) is 0 Å². The molecule has 0 N–H and O–H groups in total. The zero-order valence-corrected chi connectivity index (χ0v) is 14.0. The van der Waals surface area contributed by atoms with Gasteiger partial charge >= 0.3 is 0 Å². The molecule has 0 bridgehead atoms. The SMILES string of the molecule is C[SiH](C)c1cc2c3ccccc3n3c4ccccc4c(c1)c23. The topological polar surface area (TPSA) is 4.41 Å². The number of rotatable bonds is 1. The first-order valence-electron chi connectivity index (χ1n) is 7.92. The third-order valence-corrected chi connectivity index (χ3v) is 6.56. The third kappa shape index (κ3) is 1.38. The van der Waals surface area contributed by atoms with E-state index in [1.165, 1.54) is 38.1 Å². The molecule has 1 nitrogen and oxygen atoms in total. The number of hydrogen-bond donors (Lipinski definition) is 0. The van der Waals surface area contributed by atoms with E-state index in [9.17, 15) is 0 Å². The Labute approximate surface area is 130 Å². The van der Waals surface area contributed by atoms with E-state index in [-0.39, 0.29) is 0 Å². The van der Waals surface area contributed by atoms with E-state index >= 15 is 0 Å². The number of hydrogen-bond acceptors (Lipinski definition) is 0. The van der Waals surface area contributed by atoms with E-state index < -0.39 is 8.80 Å². The van der Waals surface area contributed by atoms with Crippen LogP contribution >= 0.6 is 0 Å². The number of fused-ring (bicyclic) bond motifs is 6. The minimum Gasteiger partial charge on any atom is -0.308 e. The van der Waals surface area contributed by atoms with E-state index in [1.54, 1.807) is 5.19 Å². The van der Waals surface area contributed by atoms with Crippen molar-refractivity contribution in [2.24, 2.45) is 0 Å². The molecular weight excluding hydrogens is 282 g/mol. The van der Waals surface area contributed by atoms with Crippen molar-refractivity contribution in [3.8, 4) is 0 Å². The van der Waals surface area contributed by atoms with E-state index in [2.05, 4.69) is 78.2 Å². The zero-order chi connectivity index (χ0) is 14.8. The minimum atomic E-state index is -0.834. The summed E-state index contributed by atoms with van der Waals surface area (Å²) in [5.74, 6) is 0. The van der Waals surface area contributed by atoms with Gasteiger partial charge in [0.25, 0.3) is 0 Å². The van der Waals surface area contributed by atoms with Crippen molar-refractivity contribution in [2.45, 2.75) is 13.1 Å². The van der Waals surface area contributed by atoms with E-state index in [1.807, 2.05) is 0 Å². The molecule has 0 amide bonds. The average molecular weight is 299 g/mol. The summed E-state index contributed by atoms with van der Waals surface area (Å²) < 4.78 is 2.45. The summed E-state index contributed by atoms with van der Waals surface area (Å²) in [6.45, 7) is 4.82. The maximum absolute atomic E-state index is 2.45. The summed E-state index contributed by atoms with van der Waals surface area (Å²) in [6.07, 6.45) is 0. The molecule has 0 spiro atoms. The Bertz CT molecular complexity index is 1070. The number of para-hydroxylation sites is 2. The molecule has 5 aromatic rings. The van der Waals surface area contributed by atoms with Crippen molar-refractivity contribution in [1.29, 1.82) is 0 Å². The molecule has 2 heteroatoms. The normalized spacial score (nSPS) is 12.5. The van der Waals surface area contributed by atoms with Gasteiger partial charge in [-0.2, -0.15) is 0 Å². The Morgan fingerprint density at radius 3 is 1.68 bits per heavy atom. The highest BCUT2D eigenvalue weighted by atomic mass is 28.3. The van der Waals surface area contributed by atoms with Crippen molar-refractivity contribution in [1.82, 2.24) is 4.40 Å². The van der Waals surface area contributed by atoms with Crippen LogP contribution in [-0.4, -0.2) is 13.2 Å². The molecule has 0 saturated carbocycles. The smallest absolute Gasteiger partial charge is 0.0647 e. The zero-order valence-electron chi connectivity index (χ0n) is 12.8. The number of aromatic nitrogens is 1. The van der Waals surface area contributed by atoms with E-state index in [0.717, 1.165) is 0 Å². The molecule has 2 heterocycles. The molecule has 0 aliphatic carbocycles. The molecule has 0 atom stereocenters. The van der Waals surface area contributed by atoms with Crippen molar-refractivity contribution in [3.63, 3.8) is 0 Å². The van der Waals surface area contributed by atoms with Crippen molar-refractivity contribution in [2.75, 3.05) is 0 Å². The molecule has 0 unspecified atom stereocenters. The Morgan fingerprint density at radius 2 is 1.18 bits per heavy atom. The van der Waals surface area contributed by atoms with Gasteiger partial charge in [0, 0.05) is 21.5 Å². The van der Waals surface area contributed by atoms with Gasteiger partial charge in [0.15, 0.2) is 0 Å². The summed E-state index contributed by atoms with van der Waals surface area (Å²) in [7, 11) is -0.834. The molecule has 0 aliphatic heterocycles. The Kier molecular flexibility index (Phi) is 2.29. The van der Waals surface area contributed by atoms with Crippen molar-refractivity contribution in [3.05, 3.63) is 60.7 Å². The highest BCUT2D eigenvalue weighted by molar-refractivity contribution is 6.71.